The molecule has 1 aromatic rings. The molecule has 1 atom stereocenters. The second-order valence-electron chi connectivity index (χ2n) is 7.79. The Balaban J connectivity index is 1.72. The molecule has 0 radical (unpaired) electrons. The van der Waals surface area contributed by atoms with Gasteiger partial charge in [-0.1, -0.05) is 19.3 Å². The number of sulfonamides is 1. The zero-order valence-corrected chi connectivity index (χ0v) is 17.8. The number of piperidine rings is 1. The van der Waals surface area contributed by atoms with Crippen LogP contribution in [0.2, 0.25) is 0 Å². The van der Waals surface area contributed by atoms with Gasteiger partial charge in [0.1, 0.15) is 5.75 Å². The lowest BCUT2D eigenvalue weighted by atomic mass is 9.91. The van der Waals surface area contributed by atoms with Gasteiger partial charge in [0.15, 0.2) is 0 Å². The summed E-state index contributed by atoms with van der Waals surface area (Å²) in [7, 11) is -2.05. The summed E-state index contributed by atoms with van der Waals surface area (Å²) >= 11 is 0. The van der Waals surface area contributed by atoms with Gasteiger partial charge in [-0.15, -0.1) is 0 Å². The summed E-state index contributed by atoms with van der Waals surface area (Å²) in [4.78, 5) is 15.5. The van der Waals surface area contributed by atoms with Crippen LogP contribution in [0.15, 0.2) is 29.2 Å². The minimum absolute atomic E-state index is 0.129. The van der Waals surface area contributed by atoms with E-state index in [2.05, 4.69) is 0 Å². The van der Waals surface area contributed by atoms with Crippen LogP contribution < -0.4 is 4.74 Å². The summed E-state index contributed by atoms with van der Waals surface area (Å²) < 4.78 is 32.7. The van der Waals surface area contributed by atoms with Gasteiger partial charge in [-0.25, -0.2) is 8.42 Å². The number of nitrogens with zero attached hydrogens (tertiary/aromatic N) is 2. The Bertz CT molecular complexity index is 757. The maximum Gasteiger partial charge on any atom is 0.243 e. The van der Waals surface area contributed by atoms with Crippen LogP contribution in [0.25, 0.3) is 0 Å². The second-order valence-corrected chi connectivity index (χ2v) is 9.73. The molecule has 28 heavy (non-hydrogen) atoms. The molecule has 7 heteroatoms. The van der Waals surface area contributed by atoms with E-state index in [1.54, 1.807) is 31.4 Å². The van der Waals surface area contributed by atoms with E-state index in [9.17, 15) is 13.2 Å². The average Bonchev–Trinajstić information content (AvgIpc) is 2.75. The Morgan fingerprint density at radius 3 is 2.39 bits per heavy atom. The standard InChI is InChI=1S/C21H32N2O4S/c1-3-23(18-9-5-4-6-10-18)21(24)17-8-7-15-22(16-17)28(25,26)20-13-11-19(27-2)12-14-20/h11-14,17-18H,3-10,15-16H2,1-2H3. The first-order valence-corrected chi connectivity index (χ1v) is 11.9. The van der Waals surface area contributed by atoms with E-state index < -0.39 is 10.0 Å². The van der Waals surface area contributed by atoms with Crippen molar-refractivity contribution in [1.29, 1.82) is 0 Å². The minimum Gasteiger partial charge on any atom is -0.497 e. The third-order valence-electron chi connectivity index (χ3n) is 6.07. The molecule has 2 aliphatic rings. The van der Waals surface area contributed by atoms with Crippen LogP contribution in [-0.4, -0.2) is 56.3 Å². The van der Waals surface area contributed by atoms with E-state index in [-0.39, 0.29) is 23.3 Å². The number of ether oxygens (including phenoxy) is 1. The van der Waals surface area contributed by atoms with E-state index in [0.29, 0.717) is 31.3 Å². The molecule has 1 aliphatic carbocycles. The number of benzene rings is 1. The van der Waals surface area contributed by atoms with Crippen molar-refractivity contribution in [2.24, 2.45) is 5.92 Å². The smallest absolute Gasteiger partial charge is 0.243 e. The Labute approximate surface area is 168 Å². The number of methoxy groups -OCH3 is 1. The minimum atomic E-state index is -3.60. The third kappa shape index (κ3) is 4.51. The zero-order chi connectivity index (χ0) is 20.1. The maximum absolute atomic E-state index is 13.2. The number of carbonyl (C=O) groups is 1. The van der Waals surface area contributed by atoms with Crippen LogP contribution in [-0.2, 0) is 14.8 Å². The molecule has 1 unspecified atom stereocenters. The van der Waals surface area contributed by atoms with Gasteiger partial charge in [0.2, 0.25) is 15.9 Å². The van der Waals surface area contributed by atoms with E-state index in [1.165, 1.54) is 23.6 Å². The molecule has 0 aromatic heterocycles. The topological polar surface area (TPSA) is 66.9 Å². The van der Waals surface area contributed by atoms with Gasteiger partial charge < -0.3 is 9.64 Å². The summed E-state index contributed by atoms with van der Waals surface area (Å²) in [6, 6.07) is 6.77. The number of carbonyl (C=O) groups excluding carboxylic acids is 1. The van der Waals surface area contributed by atoms with Crippen molar-refractivity contribution in [2.45, 2.75) is 62.8 Å². The zero-order valence-electron chi connectivity index (χ0n) is 17.0. The van der Waals surface area contributed by atoms with Gasteiger partial charge in [0.05, 0.1) is 17.9 Å². The summed E-state index contributed by atoms with van der Waals surface area (Å²) in [6.45, 7) is 3.47. The van der Waals surface area contributed by atoms with Crippen molar-refractivity contribution in [3.05, 3.63) is 24.3 Å². The van der Waals surface area contributed by atoms with Gasteiger partial charge in [0.25, 0.3) is 0 Å². The van der Waals surface area contributed by atoms with Crippen LogP contribution in [0.3, 0.4) is 0 Å². The number of hydrogen-bond acceptors (Lipinski definition) is 4. The molecule has 3 rings (SSSR count). The van der Waals surface area contributed by atoms with Crippen LogP contribution in [0, 0.1) is 5.92 Å². The van der Waals surface area contributed by atoms with Crippen molar-refractivity contribution in [3.63, 3.8) is 0 Å². The van der Waals surface area contributed by atoms with Crippen LogP contribution in [0.4, 0.5) is 0 Å². The monoisotopic (exact) mass is 408 g/mol. The Morgan fingerprint density at radius 1 is 1.11 bits per heavy atom. The number of rotatable bonds is 6. The lowest BCUT2D eigenvalue weighted by Gasteiger charge is -2.38. The largest absolute Gasteiger partial charge is 0.497 e. The Morgan fingerprint density at radius 2 is 1.79 bits per heavy atom. The molecule has 1 saturated carbocycles. The summed E-state index contributed by atoms with van der Waals surface area (Å²) in [6.07, 6.45) is 7.22. The van der Waals surface area contributed by atoms with Crippen molar-refractivity contribution < 1.29 is 17.9 Å². The fraction of sp³-hybridized carbons (Fsp3) is 0.667. The first-order chi connectivity index (χ1) is 13.5. The highest BCUT2D eigenvalue weighted by atomic mass is 32.2. The van der Waals surface area contributed by atoms with E-state index in [0.717, 1.165) is 19.3 Å². The lowest BCUT2D eigenvalue weighted by Crippen LogP contribution is -2.49. The first-order valence-electron chi connectivity index (χ1n) is 10.4. The predicted octanol–water partition coefficient (Wildman–Crippen LogP) is 3.28. The molecule has 0 bridgehead atoms. The van der Waals surface area contributed by atoms with Crippen LogP contribution >= 0.6 is 0 Å². The molecule has 1 amide bonds. The highest BCUT2D eigenvalue weighted by Crippen LogP contribution is 2.29. The van der Waals surface area contributed by atoms with E-state index in [4.69, 9.17) is 4.74 Å². The quantitative estimate of drug-likeness (QED) is 0.724. The molecule has 1 aromatic carbocycles. The number of hydrogen-bond donors (Lipinski definition) is 0. The summed E-state index contributed by atoms with van der Waals surface area (Å²) in [5, 5.41) is 0. The average molecular weight is 409 g/mol. The second kappa shape index (κ2) is 9.27. The van der Waals surface area contributed by atoms with Crippen molar-refractivity contribution in [2.75, 3.05) is 26.7 Å². The van der Waals surface area contributed by atoms with Gasteiger partial charge in [-0.3, -0.25) is 4.79 Å². The van der Waals surface area contributed by atoms with Crippen molar-refractivity contribution in [3.8, 4) is 5.75 Å². The van der Waals surface area contributed by atoms with Gasteiger partial charge in [-0.2, -0.15) is 4.31 Å². The van der Waals surface area contributed by atoms with E-state index in [1.807, 2.05) is 11.8 Å². The Hall–Kier alpha value is -1.60. The molecule has 6 nitrogen and oxygen atoms in total. The van der Waals surface area contributed by atoms with Crippen LogP contribution in [0.5, 0.6) is 5.75 Å². The normalized spacial score (nSPS) is 22.0. The third-order valence-corrected chi connectivity index (χ3v) is 7.95. The SMILES string of the molecule is CCN(C(=O)C1CCCN(S(=O)(=O)c2ccc(OC)cc2)C1)C1CCCCC1. The fourth-order valence-electron chi connectivity index (χ4n) is 4.48. The van der Waals surface area contributed by atoms with Gasteiger partial charge >= 0.3 is 0 Å². The molecule has 1 saturated heterocycles. The van der Waals surface area contributed by atoms with Crippen molar-refractivity contribution in [1.82, 2.24) is 9.21 Å². The predicted molar refractivity (Wildman–Crippen MR) is 109 cm³/mol. The summed E-state index contributed by atoms with van der Waals surface area (Å²) in [5.74, 6) is 0.504. The highest BCUT2D eigenvalue weighted by Gasteiger charge is 2.36. The van der Waals surface area contributed by atoms with Crippen LogP contribution in [0.1, 0.15) is 51.9 Å². The van der Waals surface area contributed by atoms with Crippen molar-refractivity contribution >= 4 is 15.9 Å². The molecular weight excluding hydrogens is 376 g/mol. The van der Waals surface area contributed by atoms with E-state index >= 15 is 0 Å². The molecule has 0 spiro atoms. The molecule has 1 heterocycles. The molecule has 2 fully saturated rings. The summed E-state index contributed by atoms with van der Waals surface area (Å²) in [5.41, 5.74) is 0. The fourth-order valence-corrected chi connectivity index (χ4v) is 6.00. The molecule has 0 N–H and O–H groups in total. The molecular formula is C21H32N2O4S. The van der Waals surface area contributed by atoms with Gasteiger partial charge in [0, 0.05) is 25.7 Å². The lowest BCUT2D eigenvalue weighted by molar-refractivity contribution is -0.139. The highest BCUT2D eigenvalue weighted by molar-refractivity contribution is 7.89. The molecule has 156 valence electrons. The molecule has 1 aliphatic heterocycles. The number of amides is 1. The van der Waals surface area contributed by atoms with Gasteiger partial charge in [-0.05, 0) is 56.9 Å². The maximum atomic E-state index is 13.2. The first kappa shape index (κ1) is 21.1. The Kier molecular flexibility index (Phi) is 6.99.